The zero-order valence-electron chi connectivity index (χ0n) is 15.7. The van der Waals surface area contributed by atoms with Crippen LogP contribution in [0.3, 0.4) is 0 Å². The Labute approximate surface area is 165 Å². The lowest BCUT2D eigenvalue weighted by Gasteiger charge is -2.11. The van der Waals surface area contributed by atoms with Crippen molar-refractivity contribution in [1.29, 1.82) is 0 Å². The summed E-state index contributed by atoms with van der Waals surface area (Å²) in [4.78, 5) is 12.2. The average Bonchev–Trinajstić information content (AvgIpc) is 2.92. The number of benzene rings is 2. The highest BCUT2D eigenvalue weighted by Gasteiger charge is 2.19. The number of rotatable bonds is 7. The molecule has 150 valence electrons. The summed E-state index contributed by atoms with van der Waals surface area (Å²) in [6, 6.07) is 12.1. The maximum atomic E-state index is 12.5. The third-order valence-electron chi connectivity index (χ3n) is 4.29. The lowest BCUT2D eigenvalue weighted by atomic mass is 10.1. The maximum absolute atomic E-state index is 12.5. The molecule has 0 saturated carbocycles. The van der Waals surface area contributed by atoms with E-state index in [1.165, 1.54) is 12.1 Å². The van der Waals surface area contributed by atoms with E-state index < -0.39 is 10.0 Å². The first-order valence-corrected chi connectivity index (χ1v) is 10.7. The first kappa shape index (κ1) is 20.2. The Bertz CT molecular complexity index is 943. The summed E-state index contributed by atoms with van der Waals surface area (Å²) in [5, 5.41) is 2.78. The predicted octanol–water partition coefficient (Wildman–Crippen LogP) is 2.72. The molecule has 0 fully saturated rings. The number of anilines is 1. The molecule has 1 heterocycles. The van der Waals surface area contributed by atoms with Gasteiger partial charge in [0.05, 0.1) is 18.1 Å². The molecule has 2 aromatic carbocycles. The van der Waals surface area contributed by atoms with Crippen LogP contribution in [-0.4, -0.2) is 34.1 Å². The van der Waals surface area contributed by atoms with E-state index in [4.69, 9.17) is 9.47 Å². The van der Waals surface area contributed by atoms with Gasteiger partial charge in [-0.15, -0.1) is 0 Å². The molecule has 1 aliphatic rings. The van der Waals surface area contributed by atoms with Crippen molar-refractivity contribution in [2.24, 2.45) is 0 Å². The number of fused-ring (bicyclic) bond motifs is 1. The van der Waals surface area contributed by atoms with E-state index in [9.17, 15) is 13.2 Å². The Morgan fingerprint density at radius 2 is 1.86 bits per heavy atom. The third-order valence-corrected chi connectivity index (χ3v) is 5.75. The molecular weight excluding hydrogens is 380 g/mol. The van der Waals surface area contributed by atoms with Gasteiger partial charge in [0.1, 0.15) is 0 Å². The quantitative estimate of drug-likeness (QED) is 0.740. The minimum absolute atomic E-state index is 0.00389. The summed E-state index contributed by atoms with van der Waals surface area (Å²) in [6.07, 6.45) is 1.64. The molecule has 0 radical (unpaired) electrons. The van der Waals surface area contributed by atoms with E-state index in [1.54, 1.807) is 12.1 Å². The van der Waals surface area contributed by atoms with Gasteiger partial charge in [-0.05, 0) is 36.2 Å². The Kier molecular flexibility index (Phi) is 6.53. The van der Waals surface area contributed by atoms with E-state index in [2.05, 4.69) is 10.0 Å². The lowest BCUT2D eigenvalue weighted by molar-refractivity contribution is -0.116. The second kappa shape index (κ2) is 9.07. The van der Waals surface area contributed by atoms with Gasteiger partial charge in [0.25, 0.3) is 0 Å². The van der Waals surface area contributed by atoms with Crippen LogP contribution in [0.25, 0.3) is 0 Å². The van der Waals surface area contributed by atoms with Crippen LogP contribution in [0, 0.1) is 0 Å². The molecule has 2 aromatic rings. The molecule has 2 N–H and O–H groups in total. The maximum Gasteiger partial charge on any atom is 0.240 e. The minimum Gasteiger partial charge on any atom is -0.490 e. The molecule has 1 aliphatic heterocycles. The Hall–Kier alpha value is -2.58. The molecule has 8 heteroatoms. The van der Waals surface area contributed by atoms with Crippen LogP contribution in [0.15, 0.2) is 47.4 Å². The van der Waals surface area contributed by atoms with Crippen LogP contribution in [0.5, 0.6) is 11.5 Å². The standard InChI is InChI=1S/C20H24N2O5S/c1-2-15-5-3-6-16(13-15)22-20(23)9-10-21-28(24,25)17-7-8-18-19(14-17)27-12-4-11-26-18/h3,5-8,13-14,21H,2,4,9-12H2,1H3,(H,22,23). The van der Waals surface area contributed by atoms with Crippen molar-refractivity contribution in [2.45, 2.75) is 31.1 Å². The van der Waals surface area contributed by atoms with Crippen LogP contribution in [0.1, 0.15) is 25.3 Å². The molecule has 0 atom stereocenters. The van der Waals surface area contributed by atoms with Crippen LogP contribution in [0.2, 0.25) is 0 Å². The average molecular weight is 404 g/mol. The van der Waals surface area contributed by atoms with Gasteiger partial charge in [-0.2, -0.15) is 0 Å². The third kappa shape index (κ3) is 5.24. The normalized spacial score (nSPS) is 13.6. The smallest absolute Gasteiger partial charge is 0.240 e. The number of nitrogens with one attached hydrogen (secondary N) is 2. The van der Waals surface area contributed by atoms with Gasteiger partial charge in [-0.25, -0.2) is 13.1 Å². The van der Waals surface area contributed by atoms with Gasteiger partial charge in [0, 0.05) is 31.1 Å². The number of carbonyl (C=O) groups is 1. The number of hydrogen-bond acceptors (Lipinski definition) is 5. The molecular formula is C20H24N2O5S. The molecule has 0 saturated heterocycles. The fourth-order valence-electron chi connectivity index (χ4n) is 2.79. The minimum atomic E-state index is -3.75. The Balaban J connectivity index is 1.56. The van der Waals surface area contributed by atoms with Crippen LogP contribution < -0.4 is 19.5 Å². The molecule has 7 nitrogen and oxygen atoms in total. The number of aryl methyl sites for hydroxylation is 1. The highest BCUT2D eigenvalue weighted by Crippen LogP contribution is 2.31. The van der Waals surface area contributed by atoms with Gasteiger partial charge in [-0.1, -0.05) is 19.1 Å². The van der Waals surface area contributed by atoms with E-state index in [-0.39, 0.29) is 23.8 Å². The molecule has 1 amide bonds. The number of amides is 1. The largest absolute Gasteiger partial charge is 0.490 e. The number of carbonyl (C=O) groups excluding carboxylic acids is 1. The summed E-state index contributed by atoms with van der Waals surface area (Å²) in [6.45, 7) is 3.04. The van der Waals surface area contributed by atoms with Crippen molar-refractivity contribution in [3.63, 3.8) is 0 Å². The van der Waals surface area contributed by atoms with E-state index in [0.29, 0.717) is 30.4 Å². The van der Waals surface area contributed by atoms with Crippen LogP contribution >= 0.6 is 0 Å². The van der Waals surface area contributed by atoms with Crippen molar-refractivity contribution >= 4 is 21.6 Å². The first-order chi connectivity index (χ1) is 13.5. The van der Waals surface area contributed by atoms with Crippen molar-refractivity contribution in [2.75, 3.05) is 25.1 Å². The van der Waals surface area contributed by atoms with E-state index in [1.807, 2.05) is 25.1 Å². The van der Waals surface area contributed by atoms with Crippen LogP contribution in [0.4, 0.5) is 5.69 Å². The molecule has 28 heavy (non-hydrogen) atoms. The topological polar surface area (TPSA) is 93.7 Å². The first-order valence-electron chi connectivity index (χ1n) is 9.26. The fraction of sp³-hybridized carbons (Fsp3) is 0.350. The molecule has 0 aromatic heterocycles. The van der Waals surface area contributed by atoms with Gasteiger partial charge in [-0.3, -0.25) is 4.79 Å². The Morgan fingerprint density at radius 3 is 2.64 bits per heavy atom. The number of ether oxygens (including phenoxy) is 2. The Morgan fingerprint density at radius 1 is 1.07 bits per heavy atom. The predicted molar refractivity (Wildman–Crippen MR) is 106 cm³/mol. The van der Waals surface area contributed by atoms with Gasteiger partial charge < -0.3 is 14.8 Å². The van der Waals surface area contributed by atoms with Crippen molar-refractivity contribution in [1.82, 2.24) is 4.72 Å². The van der Waals surface area contributed by atoms with Crippen molar-refractivity contribution in [3.8, 4) is 11.5 Å². The molecule has 0 unspecified atom stereocenters. The molecule has 3 rings (SSSR count). The summed E-state index contributed by atoms with van der Waals surface area (Å²) in [5.41, 5.74) is 1.82. The zero-order valence-corrected chi connectivity index (χ0v) is 16.6. The molecule has 0 bridgehead atoms. The second-order valence-corrected chi connectivity index (χ2v) is 8.18. The molecule has 0 aliphatic carbocycles. The SMILES string of the molecule is CCc1cccc(NC(=O)CCNS(=O)(=O)c2ccc3c(c2)OCCCO3)c1. The van der Waals surface area contributed by atoms with E-state index in [0.717, 1.165) is 18.4 Å². The second-order valence-electron chi connectivity index (χ2n) is 6.41. The number of sulfonamides is 1. The highest BCUT2D eigenvalue weighted by atomic mass is 32.2. The monoisotopic (exact) mass is 404 g/mol. The van der Waals surface area contributed by atoms with E-state index >= 15 is 0 Å². The van der Waals surface area contributed by atoms with Gasteiger partial charge >= 0.3 is 0 Å². The fourth-order valence-corrected chi connectivity index (χ4v) is 3.83. The highest BCUT2D eigenvalue weighted by molar-refractivity contribution is 7.89. The zero-order chi connectivity index (χ0) is 20.0. The summed E-state index contributed by atoms with van der Waals surface area (Å²) in [7, 11) is -3.75. The summed E-state index contributed by atoms with van der Waals surface area (Å²) in [5.74, 6) is 0.689. The number of hydrogen-bond donors (Lipinski definition) is 2. The van der Waals surface area contributed by atoms with Crippen molar-refractivity contribution < 1.29 is 22.7 Å². The summed E-state index contributed by atoms with van der Waals surface area (Å²) >= 11 is 0. The van der Waals surface area contributed by atoms with Gasteiger partial charge in [0.2, 0.25) is 15.9 Å². The van der Waals surface area contributed by atoms with Gasteiger partial charge in [0.15, 0.2) is 11.5 Å². The summed E-state index contributed by atoms with van der Waals surface area (Å²) < 4.78 is 38.5. The molecule has 0 spiro atoms. The lowest BCUT2D eigenvalue weighted by Crippen LogP contribution is -2.27. The van der Waals surface area contributed by atoms with Crippen LogP contribution in [-0.2, 0) is 21.2 Å². The van der Waals surface area contributed by atoms with Crippen molar-refractivity contribution in [3.05, 3.63) is 48.0 Å².